The van der Waals surface area contributed by atoms with E-state index in [9.17, 15) is 10.2 Å². The van der Waals surface area contributed by atoms with Gasteiger partial charge < -0.3 is 15.9 Å². The Morgan fingerprint density at radius 2 is 2.07 bits per heavy atom. The van der Waals surface area contributed by atoms with Gasteiger partial charge in [-0.05, 0) is 43.5 Å². The number of halogens is 1. The van der Waals surface area contributed by atoms with Crippen molar-refractivity contribution in [1.82, 2.24) is 0 Å². The summed E-state index contributed by atoms with van der Waals surface area (Å²) in [5.41, 5.74) is 7.44. The molecule has 0 radical (unpaired) electrons. The van der Waals surface area contributed by atoms with Gasteiger partial charge in [0.05, 0.1) is 11.1 Å². The molecule has 1 atom stereocenters. The third-order valence-corrected chi connectivity index (χ3v) is 2.99. The van der Waals surface area contributed by atoms with Crippen LogP contribution in [0.2, 0.25) is 5.02 Å². The fourth-order valence-electron chi connectivity index (χ4n) is 1.55. The van der Waals surface area contributed by atoms with Crippen LogP contribution in [-0.4, -0.2) is 16.8 Å². The summed E-state index contributed by atoms with van der Waals surface area (Å²) in [6, 6.07) is 1.79. The van der Waals surface area contributed by atoms with E-state index in [2.05, 4.69) is 0 Å². The smallest absolute Gasteiger partial charge is 0.137 e. The summed E-state index contributed by atoms with van der Waals surface area (Å²) in [4.78, 5) is 0. The Morgan fingerprint density at radius 1 is 1.47 bits per heavy atom. The first-order chi connectivity index (χ1) is 6.99. The zero-order chi connectivity index (χ0) is 11.6. The van der Waals surface area contributed by atoms with Crippen molar-refractivity contribution < 1.29 is 10.2 Å². The lowest BCUT2D eigenvalue weighted by Crippen LogP contribution is -2.08. The third kappa shape index (κ3) is 2.43. The molecule has 1 unspecified atom stereocenters. The van der Waals surface area contributed by atoms with Crippen molar-refractivity contribution in [3.8, 4) is 5.75 Å². The second-order valence-corrected chi connectivity index (χ2v) is 4.04. The molecule has 0 aliphatic heterocycles. The first-order valence-electron chi connectivity index (χ1n) is 4.85. The number of aromatic hydroxyl groups is 1. The lowest BCUT2D eigenvalue weighted by molar-refractivity contribution is 0.169. The van der Waals surface area contributed by atoms with Crippen molar-refractivity contribution >= 4 is 11.6 Å². The second-order valence-electron chi connectivity index (χ2n) is 3.66. The van der Waals surface area contributed by atoms with Crippen LogP contribution in [0.3, 0.4) is 0 Å². The number of phenolic OH excluding ortho intramolecular Hbond substituents is 1. The van der Waals surface area contributed by atoms with E-state index in [1.807, 2.05) is 0 Å². The normalized spacial score (nSPS) is 12.9. The molecule has 0 bridgehead atoms. The van der Waals surface area contributed by atoms with Gasteiger partial charge in [0.25, 0.3) is 0 Å². The van der Waals surface area contributed by atoms with Crippen LogP contribution in [-0.2, 0) is 0 Å². The van der Waals surface area contributed by atoms with E-state index in [1.165, 1.54) is 0 Å². The van der Waals surface area contributed by atoms with Crippen molar-refractivity contribution in [2.45, 2.75) is 26.4 Å². The van der Waals surface area contributed by atoms with Crippen LogP contribution in [0.5, 0.6) is 5.75 Å². The molecule has 0 saturated carbocycles. The SMILES string of the molecule is Cc1cc(C(O)CCN)c(C)c(O)c1Cl. The van der Waals surface area contributed by atoms with Gasteiger partial charge >= 0.3 is 0 Å². The number of rotatable bonds is 3. The monoisotopic (exact) mass is 229 g/mol. The zero-order valence-corrected chi connectivity index (χ0v) is 9.67. The van der Waals surface area contributed by atoms with E-state index in [1.54, 1.807) is 19.9 Å². The molecular formula is C11H16ClNO2. The summed E-state index contributed by atoms with van der Waals surface area (Å²) in [5.74, 6) is 0.0442. The largest absolute Gasteiger partial charge is 0.506 e. The van der Waals surface area contributed by atoms with Gasteiger partial charge in [-0.15, -0.1) is 0 Å². The summed E-state index contributed by atoms with van der Waals surface area (Å²) in [5, 5.41) is 19.9. The summed E-state index contributed by atoms with van der Waals surface area (Å²) in [6.07, 6.45) is -0.168. The Labute approximate surface area is 94.5 Å². The van der Waals surface area contributed by atoms with Crippen LogP contribution in [0.4, 0.5) is 0 Å². The Kier molecular flexibility index (Phi) is 3.97. The predicted molar refractivity (Wildman–Crippen MR) is 61.2 cm³/mol. The van der Waals surface area contributed by atoms with Crippen LogP contribution in [0.15, 0.2) is 6.07 Å². The molecule has 0 spiro atoms. The molecule has 1 aromatic carbocycles. The van der Waals surface area contributed by atoms with Crippen molar-refractivity contribution in [3.63, 3.8) is 0 Å². The minimum absolute atomic E-state index is 0.0442. The predicted octanol–water partition coefficient (Wildman–Crippen LogP) is 2.04. The molecular weight excluding hydrogens is 214 g/mol. The van der Waals surface area contributed by atoms with E-state index in [4.69, 9.17) is 17.3 Å². The zero-order valence-electron chi connectivity index (χ0n) is 8.92. The number of hydrogen-bond acceptors (Lipinski definition) is 3. The molecule has 4 heteroatoms. The summed E-state index contributed by atoms with van der Waals surface area (Å²) >= 11 is 5.88. The first-order valence-corrected chi connectivity index (χ1v) is 5.23. The number of aliphatic hydroxyl groups is 1. The van der Waals surface area contributed by atoms with Crippen LogP contribution < -0.4 is 5.73 Å². The van der Waals surface area contributed by atoms with Gasteiger partial charge in [-0.1, -0.05) is 17.7 Å². The molecule has 1 rings (SSSR count). The second kappa shape index (κ2) is 4.84. The standard InChI is InChI=1S/C11H16ClNO2/c1-6-5-8(9(14)3-4-13)7(2)11(15)10(6)12/h5,9,14-15H,3-4,13H2,1-2H3. The minimum atomic E-state index is -0.642. The van der Waals surface area contributed by atoms with Gasteiger partial charge in [0.15, 0.2) is 0 Å². The summed E-state index contributed by atoms with van der Waals surface area (Å²) in [7, 11) is 0. The molecule has 1 aromatic rings. The number of benzene rings is 1. The molecule has 0 amide bonds. The van der Waals surface area contributed by atoms with E-state index in [-0.39, 0.29) is 5.75 Å². The first kappa shape index (κ1) is 12.3. The Morgan fingerprint density at radius 3 is 2.60 bits per heavy atom. The van der Waals surface area contributed by atoms with E-state index in [0.29, 0.717) is 29.1 Å². The fraction of sp³-hybridized carbons (Fsp3) is 0.455. The van der Waals surface area contributed by atoms with E-state index in [0.717, 1.165) is 5.56 Å². The average molecular weight is 230 g/mol. The molecule has 3 nitrogen and oxygen atoms in total. The molecule has 84 valence electrons. The summed E-state index contributed by atoms with van der Waals surface area (Å²) in [6.45, 7) is 3.93. The number of phenols is 1. The number of aliphatic hydroxyl groups excluding tert-OH is 1. The van der Waals surface area contributed by atoms with E-state index < -0.39 is 6.10 Å². The molecule has 15 heavy (non-hydrogen) atoms. The number of nitrogens with two attached hydrogens (primary N) is 1. The third-order valence-electron chi connectivity index (χ3n) is 2.51. The van der Waals surface area contributed by atoms with Crippen LogP contribution in [0.1, 0.15) is 29.2 Å². The Hall–Kier alpha value is -0.770. The van der Waals surface area contributed by atoms with Gasteiger partial charge in [-0.2, -0.15) is 0 Å². The molecule has 0 saturated heterocycles. The Bertz CT molecular complexity index is 366. The van der Waals surface area contributed by atoms with Crippen LogP contribution in [0, 0.1) is 13.8 Å². The molecule has 0 aliphatic rings. The Balaban J connectivity index is 3.19. The maximum Gasteiger partial charge on any atom is 0.137 e. The number of hydrogen-bond donors (Lipinski definition) is 3. The topological polar surface area (TPSA) is 66.5 Å². The highest BCUT2D eigenvalue weighted by molar-refractivity contribution is 6.32. The van der Waals surface area contributed by atoms with Crippen molar-refractivity contribution in [3.05, 3.63) is 27.8 Å². The molecule has 0 aromatic heterocycles. The minimum Gasteiger partial charge on any atom is -0.506 e. The van der Waals surface area contributed by atoms with Crippen molar-refractivity contribution in [2.75, 3.05) is 6.54 Å². The average Bonchev–Trinajstić information content (AvgIpc) is 2.20. The molecule has 4 N–H and O–H groups in total. The highest BCUT2D eigenvalue weighted by Crippen LogP contribution is 2.35. The lowest BCUT2D eigenvalue weighted by Gasteiger charge is -2.16. The van der Waals surface area contributed by atoms with Crippen molar-refractivity contribution in [2.24, 2.45) is 5.73 Å². The van der Waals surface area contributed by atoms with Gasteiger partial charge in [0, 0.05) is 0 Å². The van der Waals surface area contributed by atoms with Crippen LogP contribution >= 0.6 is 11.6 Å². The van der Waals surface area contributed by atoms with Gasteiger partial charge in [0.1, 0.15) is 5.75 Å². The molecule has 0 heterocycles. The number of aryl methyl sites for hydroxylation is 1. The molecule has 0 fully saturated rings. The fourth-order valence-corrected chi connectivity index (χ4v) is 1.75. The van der Waals surface area contributed by atoms with Crippen LogP contribution in [0.25, 0.3) is 0 Å². The van der Waals surface area contributed by atoms with Gasteiger partial charge in [-0.25, -0.2) is 0 Å². The van der Waals surface area contributed by atoms with Gasteiger partial charge in [-0.3, -0.25) is 0 Å². The van der Waals surface area contributed by atoms with E-state index >= 15 is 0 Å². The maximum absolute atomic E-state index is 9.81. The lowest BCUT2D eigenvalue weighted by atomic mass is 9.98. The van der Waals surface area contributed by atoms with Gasteiger partial charge in [0.2, 0.25) is 0 Å². The quantitative estimate of drug-likeness (QED) is 0.743. The van der Waals surface area contributed by atoms with Crippen molar-refractivity contribution in [1.29, 1.82) is 0 Å². The maximum atomic E-state index is 9.81. The highest BCUT2D eigenvalue weighted by atomic mass is 35.5. The molecule has 0 aliphatic carbocycles. The highest BCUT2D eigenvalue weighted by Gasteiger charge is 2.16. The summed E-state index contributed by atoms with van der Waals surface area (Å²) < 4.78 is 0.